The molecule has 3 aromatic rings. The Kier molecular flexibility index (Phi) is 6.46. The second-order valence-electron chi connectivity index (χ2n) is 4.97. The maximum Gasteiger partial charge on any atom is 0.234 e. The number of thioether (sulfide) groups is 1. The largest absolute Gasteiger partial charge is 0.324 e. The summed E-state index contributed by atoms with van der Waals surface area (Å²) in [5.74, 6) is 0.0354. The number of aromatic nitrogens is 4. The van der Waals surface area contributed by atoms with E-state index in [9.17, 15) is 4.79 Å². The number of thiophene rings is 1. The Hall–Kier alpha value is -1.42. The zero-order valence-corrected chi connectivity index (χ0v) is 16.8. The summed E-state index contributed by atoms with van der Waals surface area (Å²) in [5.41, 5.74) is 0.577. The fourth-order valence-electron chi connectivity index (χ4n) is 2.02. The molecule has 10 heteroatoms. The molecule has 0 fully saturated rings. The van der Waals surface area contributed by atoms with Gasteiger partial charge in [0, 0.05) is 15.8 Å². The average Bonchev–Trinajstić information content (AvgIpc) is 3.25. The number of carbonyl (C=O) groups excluding carboxylic acids is 1. The summed E-state index contributed by atoms with van der Waals surface area (Å²) in [4.78, 5) is 13.4. The molecule has 0 bridgehead atoms. The lowest BCUT2D eigenvalue weighted by Crippen LogP contribution is -2.15. The topological polar surface area (TPSA) is 72.7 Å². The van der Waals surface area contributed by atoms with Gasteiger partial charge in [-0.15, -0.1) is 16.4 Å². The van der Waals surface area contributed by atoms with Crippen molar-refractivity contribution >= 4 is 62.2 Å². The predicted octanol–water partition coefficient (Wildman–Crippen LogP) is 4.12. The van der Waals surface area contributed by atoms with Crippen LogP contribution >= 0.6 is 50.6 Å². The van der Waals surface area contributed by atoms with E-state index in [1.54, 1.807) is 28.2 Å². The van der Waals surface area contributed by atoms with Gasteiger partial charge < -0.3 is 5.32 Å². The zero-order valence-electron chi connectivity index (χ0n) is 12.9. The molecular weight excluding hydrogens is 446 g/mol. The van der Waals surface area contributed by atoms with Crippen molar-refractivity contribution in [1.29, 1.82) is 0 Å². The van der Waals surface area contributed by atoms with Gasteiger partial charge in [0.2, 0.25) is 11.1 Å². The summed E-state index contributed by atoms with van der Waals surface area (Å²) in [6, 6.07) is 9.40. The van der Waals surface area contributed by atoms with Gasteiger partial charge in [-0.1, -0.05) is 45.4 Å². The van der Waals surface area contributed by atoms with Crippen LogP contribution in [-0.2, 0) is 17.8 Å². The lowest BCUT2D eigenvalue weighted by atomic mass is 10.3. The van der Waals surface area contributed by atoms with Crippen molar-refractivity contribution in [3.05, 3.63) is 50.1 Å². The normalized spacial score (nSPS) is 10.8. The van der Waals surface area contributed by atoms with Crippen molar-refractivity contribution in [2.75, 3.05) is 11.1 Å². The molecule has 0 spiro atoms. The highest BCUT2D eigenvalue weighted by Gasteiger charge is 2.12. The van der Waals surface area contributed by atoms with Crippen LogP contribution in [0.15, 0.2) is 45.3 Å². The molecule has 1 amide bonds. The maximum absolute atomic E-state index is 12.1. The van der Waals surface area contributed by atoms with Crippen LogP contribution in [0.25, 0.3) is 0 Å². The molecule has 2 aromatic heterocycles. The number of hydrogen-bond donors (Lipinski definition) is 1. The summed E-state index contributed by atoms with van der Waals surface area (Å²) in [6.07, 6.45) is 0.858. The fourth-order valence-corrected chi connectivity index (χ4v) is 4.14. The number of hydrogen-bond acceptors (Lipinski definition) is 6. The number of amides is 1. The minimum Gasteiger partial charge on any atom is -0.324 e. The van der Waals surface area contributed by atoms with E-state index in [-0.39, 0.29) is 11.7 Å². The van der Waals surface area contributed by atoms with Crippen LogP contribution in [0, 0.1) is 0 Å². The Balaban J connectivity index is 1.53. The molecule has 130 valence electrons. The molecule has 0 saturated carbocycles. The minimum atomic E-state index is -0.165. The third-order valence-electron chi connectivity index (χ3n) is 3.19. The molecule has 2 heterocycles. The van der Waals surface area contributed by atoms with Gasteiger partial charge in [0.05, 0.1) is 23.0 Å². The van der Waals surface area contributed by atoms with Crippen LogP contribution in [-0.4, -0.2) is 31.9 Å². The first-order valence-corrected chi connectivity index (χ1v) is 10.3. The molecule has 1 N–H and O–H groups in total. The Labute approximate surface area is 166 Å². The van der Waals surface area contributed by atoms with Crippen LogP contribution in [0.3, 0.4) is 0 Å². The van der Waals surface area contributed by atoms with E-state index in [4.69, 9.17) is 11.6 Å². The highest BCUT2D eigenvalue weighted by Crippen LogP contribution is 2.26. The number of tetrazole rings is 1. The number of carbonyl (C=O) groups is 1. The van der Waals surface area contributed by atoms with E-state index in [0.717, 1.165) is 10.9 Å². The molecule has 0 radical (unpaired) electrons. The Morgan fingerprint density at radius 3 is 3.04 bits per heavy atom. The summed E-state index contributed by atoms with van der Waals surface area (Å²) < 4.78 is 2.57. The SMILES string of the molecule is O=C(CSc1nnnn1CCc1cccs1)Nc1ccc(Br)cc1Cl. The Morgan fingerprint density at radius 2 is 2.28 bits per heavy atom. The van der Waals surface area contributed by atoms with Crippen molar-refractivity contribution in [2.24, 2.45) is 0 Å². The molecule has 6 nitrogen and oxygen atoms in total. The summed E-state index contributed by atoms with van der Waals surface area (Å²) >= 11 is 12.4. The van der Waals surface area contributed by atoms with Gasteiger partial charge in [0.1, 0.15) is 0 Å². The lowest BCUT2D eigenvalue weighted by molar-refractivity contribution is -0.113. The van der Waals surface area contributed by atoms with Crippen LogP contribution in [0.2, 0.25) is 5.02 Å². The number of anilines is 1. The van der Waals surface area contributed by atoms with E-state index in [1.807, 2.05) is 17.5 Å². The molecule has 0 aliphatic heterocycles. The Morgan fingerprint density at radius 1 is 1.40 bits per heavy atom. The van der Waals surface area contributed by atoms with Crippen LogP contribution < -0.4 is 5.32 Å². The number of aryl methyl sites for hydroxylation is 2. The number of benzene rings is 1. The lowest BCUT2D eigenvalue weighted by Gasteiger charge is -2.07. The molecule has 0 unspecified atom stereocenters. The van der Waals surface area contributed by atoms with E-state index in [2.05, 4.69) is 42.8 Å². The molecule has 1 aromatic carbocycles. The number of rotatable bonds is 7. The number of nitrogens with zero attached hydrogens (tertiary/aromatic N) is 4. The second kappa shape index (κ2) is 8.79. The molecule has 0 saturated heterocycles. The van der Waals surface area contributed by atoms with E-state index >= 15 is 0 Å². The number of nitrogens with one attached hydrogen (secondary N) is 1. The third-order valence-corrected chi connectivity index (χ3v) is 5.89. The first kappa shape index (κ1) is 18.4. The molecule has 0 atom stereocenters. The van der Waals surface area contributed by atoms with Gasteiger partial charge in [0.15, 0.2) is 0 Å². The highest BCUT2D eigenvalue weighted by molar-refractivity contribution is 9.10. The molecule has 0 aliphatic rings. The summed E-state index contributed by atoms with van der Waals surface area (Å²) in [5, 5.41) is 17.6. The van der Waals surface area contributed by atoms with Gasteiger partial charge in [0.25, 0.3) is 0 Å². The first-order valence-electron chi connectivity index (χ1n) is 7.28. The monoisotopic (exact) mass is 457 g/mol. The Bertz CT molecular complexity index is 855. The molecule has 25 heavy (non-hydrogen) atoms. The average molecular weight is 459 g/mol. The van der Waals surface area contributed by atoms with Gasteiger partial charge in [-0.3, -0.25) is 4.79 Å². The predicted molar refractivity (Wildman–Crippen MR) is 104 cm³/mol. The number of halogens is 2. The van der Waals surface area contributed by atoms with E-state index in [1.165, 1.54) is 16.6 Å². The van der Waals surface area contributed by atoms with Crippen molar-refractivity contribution in [3.8, 4) is 0 Å². The molecule has 0 aliphatic carbocycles. The van der Waals surface area contributed by atoms with Crippen molar-refractivity contribution in [2.45, 2.75) is 18.1 Å². The van der Waals surface area contributed by atoms with E-state index < -0.39 is 0 Å². The molecule has 3 rings (SSSR count). The maximum atomic E-state index is 12.1. The van der Waals surface area contributed by atoms with Gasteiger partial charge in [-0.05, 0) is 40.1 Å². The summed E-state index contributed by atoms with van der Waals surface area (Å²) in [6.45, 7) is 0.677. The molecular formula is C15H13BrClN5OS2. The van der Waals surface area contributed by atoms with Crippen LogP contribution in [0.4, 0.5) is 5.69 Å². The zero-order chi connectivity index (χ0) is 17.6. The second-order valence-corrected chi connectivity index (χ2v) is 8.27. The minimum absolute atomic E-state index is 0.165. The van der Waals surface area contributed by atoms with Crippen molar-refractivity contribution in [3.63, 3.8) is 0 Å². The van der Waals surface area contributed by atoms with Gasteiger partial charge in [-0.2, -0.15) is 0 Å². The smallest absolute Gasteiger partial charge is 0.234 e. The quantitative estimate of drug-likeness (QED) is 0.539. The van der Waals surface area contributed by atoms with Crippen molar-refractivity contribution in [1.82, 2.24) is 20.2 Å². The van der Waals surface area contributed by atoms with Crippen molar-refractivity contribution < 1.29 is 4.79 Å². The third kappa shape index (κ3) is 5.27. The summed E-state index contributed by atoms with van der Waals surface area (Å²) in [7, 11) is 0. The van der Waals surface area contributed by atoms with E-state index in [0.29, 0.717) is 22.4 Å². The standard InChI is InChI=1S/C15H13BrClN5OS2/c16-10-3-4-13(12(17)8-10)18-14(23)9-25-15-19-20-21-22(15)6-5-11-2-1-7-24-11/h1-4,7-8H,5-6,9H2,(H,18,23). The van der Waals surface area contributed by atoms with Crippen LogP contribution in [0.5, 0.6) is 0 Å². The van der Waals surface area contributed by atoms with Gasteiger partial charge >= 0.3 is 0 Å². The van der Waals surface area contributed by atoms with Crippen LogP contribution in [0.1, 0.15) is 4.88 Å². The van der Waals surface area contributed by atoms with Gasteiger partial charge in [-0.25, -0.2) is 4.68 Å². The fraction of sp³-hybridized carbons (Fsp3) is 0.200. The first-order chi connectivity index (χ1) is 12.1. The highest BCUT2D eigenvalue weighted by atomic mass is 79.9.